The lowest BCUT2D eigenvalue weighted by molar-refractivity contribution is -0.144. The molecule has 0 aliphatic carbocycles. The lowest BCUT2D eigenvalue weighted by atomic mass is 10.0. The molecule has 1 heterocycles. The van der Waals surface area contributed by atoms with Crippen LogP contribution in [0, 0.1) is 0 Å². The first kappa shape index (κ1) is 21.2. The molecule has 10 heteroatoms. The predicted molar refractivity (Wildman–Crippen MR) is 97.9 cm³/mol. The van der Waals surface area contributed by atoms with E-state index in [1.165, 1.54) is 17.0 Å². The Morgan fingerprint density at radius 1 is 1.21 bits per heavy atom. The van der Waals surface area contributed by atoms with Crippen LogP contribution in [0.4, 0.5) is 0 Å². The van der Waals surface area contributed by atoms with Gasteiger partial charge >= 0.3 is 5.97 Å². The number of nitrogens with one attached hydrogen (secondary N) is 1. The van der Waals surface area contributed by atoms with Crippen molar-refractivity contribution >= 4 is 23.7 Å². The third kappa shape index (κ3) is 5.43. The number of rotatable bonds is 8. The Labute approximate surface area is 161 Å². The first-order chi connectivity index (χ1) is 13.2. The van der Waals surface area contributed by atoms with Crippen molar-refractivity contribution in [2.24, 2.45) is 11.5 Å². The molecule has 3 atom stereocenters. The highest BCUT2D eigenvalue weighted by Crippen LogP contribution is 2.19. The largest absolute Gasteiger partial charge is 0.508 e. The number of amides is 3. The van der Waals surface area contributed by atoms with E-state index in [-0.39, 0.29) is 18.6 Å². The van der Waals surface area contributed by atoms with Gasteiger partial charge in [0.1, 0.15) is 17.8 Å². The van der Waals surface area contributed by atoms with Gasteiger partial charge in [0.15, 0.2) is 0 Å². The van der Waals surface area contributed by atoms with Crippen LogP contribution < -0.4 is 16.8 Å². The van der Waals surface area contributed by atoms with Crippen LogP contribution >= 0.6 is 0 Å². The molecular weight excluding hydrogens is 368 g/mol. The van der Waals surface area contributed by atoms with Crippen molar-refractivity contribution in [2.45, 2.75) is 43.8 Å². The zero-order chi connectivity index (χ0) is 20.8. The summed E-state index contributed by atoms with van der Waals surface area (Å²) in [5.41, 5.74) is 11.4. The third-order valence-corrected chi connectivity index (χ3v) is 4.57. The average molecular weight is 392 g/mol. The van der Waals surface area contributed by atoms with Gasteiger partial charge in [0.05, 0.1) is 12.5 Å². The highest BCUT2D eigenvalue weighted by Gasteiger charge is 2.37. The summed E-state index contributed by atoms with van der Waals surface area (Å²) in [4.78, 5) is 48.8. The number of benzene rings is 1. The predicted octanol–water partition coefficient (Wildman–Crippen LogP) is -1.30. The highest BCUT2D eigenvalue weighted by atomic mass is 16.4. The van der Waals surface area contributed by atoms with Crippen molar-refractivity contribution in [1.82, 2.24) is 10.2 Å². The van der Waals surface area contributed by atoms with Gasteiger partial charge in [0.2, 0.25) is 17.7 Å². The van der Waals surface area contributed by atoms with Gasteiger partial charge in [-0.25, -0.2) is 4.79 Å². The van der Waals surface area contributed by atoms with Crippen LogP contribution in [0.2, 0.25) is 0 Å². The quantitative estimate of drug-likeness (QED) is 0.365. The lowest BCUT2D eigenvalue weighted by Gasteiger charge is -2.27. The molecule has 0 bridgehead atoms. The number of nitrogens with zero attached hydrogens (tertiary/aromatic N) is 1. The number of aliphatic carboxylic acids is 1. The number of nitrogens with two attached hydrogens (primary N) is 2. The minimum atomic E-state index is -1.22. The SMILES string of the molecule is NC(=O)C[C@H](N)C(=O)N1CCC[C@H]1C(=O)N[C@@H](Cc1ccc(O)cc1)C(=O)O. The number of aromatic hydroxyl groups is 1. The summed E-state index contributed by atoms with van der Waals surface area (Å²) >= 11 is 0. The molecule has 1 aliphatic rings. The zero-order valence-corrected chi connectivity index (χ0v) is 15.2. The van der Waals surface area contributed by atoms with Gasteiger partial charge in [-0.2, -0.15) is 0 Å². The summed E-state index contributed by atoms with van der Waals surface area (Å²) in [5, 5.41) is 21.2. The van der Waals surface area contributed by atoms with E-state index in [1.807, 2.05) is 0 Å². The number of phenolic OH excluding ortho intramolecular Hbond substituents is 1. The van der Waals surface area contributed by atoms with Crippen LogP contribution in [0.5, 0.6) is 5.75 Å². The summed E-state index contributed by atoms with van der Waals surface area (Å²) in [5.74, 6) is -3.05. The maximum absolute atomic E-state index is 12.6. The van der Waals surface area contributed by atoms with Gasteiger partial charge in [-0.3, -0.25) is 14.4 Å². The minimum absolute atomic E-state index is 0.0171. The van der Waals surface area contributed by atoms with Gasteiger partial charge in [-0.15, -0.1) is 0 Å². The Kier molecular flexibility index (Phi) is 6.94. The topological polar surface area (TPSA) is 176 Å². The first-order valence-corrected chi connectivity index (χ1v) is 8.84. The minimum Gasteiger partial charge on any atom is -0.508 e. The van der Waals surface area contributed by atoms with Crippen LogP contribution in [-0.2, 0) is 25.6 Å². The molecule has 1 aromatic carbocycles. The van der Waals surface area contributed by atoms with E-state index in [9.17, 15) is 29.4 Å². The number of carboxylic acids is 1. The van der Waals surface area contributed by atoms with Crippen LogP contribution in [0.1, 0.15) is 24.8 Å². The van der Waals surface area contributed by atoms with Crippen molar-refractivity contribution in [3.8, 4) is 5.75 Å². The smallest absolute Gasteiger partial charge is 0.326 e. The molecule has 3 amide bonds. The van der Waals surface area contributed by atoms with Gasteiger partial charge in [-0.1, -0.05) is 12.1 Å². The van der Waals surface area contributed by atoms with E-state index in [0.29, 0.717) is 24.9 Å². The molecule has 10 nitrogen and oxygen atoms in total. The number of carbonyl (C=O) groups is 4. The Morgan fingerprint density at radius 2 is 1.86 bits per heavy atom. The molecule has 1 aromatic rings. The monoisotopic (exact) mass is 392 g/mol. The van der Waals surface area contributed by atoms with Crippen LogP contribution in [0.15, 0.2) is 24.3 Å². The number of hydrogen-bond donors (Lipinski definition) is 5. The van der Waals surface area contributed by atoms with Crippen LogP contribution in [-0.4, -0.2) is 63.5 Å². The molecule has 1 saturated heterocycles. The second-order valence-electron chi connectivity index (χ2n) is 6.74. The van der Waals surface area contributed by atoms with Gasteiger partial charge in [0.25, 0.3) is 0 Å². The van der Waals surface area contributed by atoms with E-state index >= 15 is 0 Å². The van der Waals surface area contributed by atoms with Gasteiger partial charge in [-0.05, 0) is 30.5 Å². The molecular formula is C18H24N4O6. The molecule has 0 unspecified atom stereocenters. The molecule has 2 rings (SSSR count). The first-order valence-electron chi connectivity index (χ1n) is 8.84. The fourth-order valence-corrected chi connectivity index (χ4v) is 3.16. The lowest BCUT2D eigenvalue weighted by Crippen LogP contribution is -2.54. The Balaban J connectivity index is 2.05. The average Bonchev–Trinajstić information content (AvgIpc) is 3.11. The summed E-state index contributed by atoms with van der Waals surface area (Å²) in [6.07, 6.45) is 0.612. The molecule has 1 aliphatic heterocycles. The number of carboxylic acid groups (broad SMARTS) is 1. The summed E-state index contributed by atoms with van der Waals surface area (Å²) in [7, 11) is 0. The standard InChI is InChI=1S/C18H24N4O6/c19-12(9-15(20)24)17(26)22-7-1-2-14(22)16(25)21-13(18(27)28)8-10-3-5-11(23)6-4-10/h3-6,12-14,23H,1-2,7-9,19H2,(H2,20,24)(H,21,25)(H,27,28)/t12-,13-,14-/m0/s1. The van der Waals surface area contributed by atoms with Crippen LogP contribution in [0.3, 0.4) is 0 Å². The maximum atomic E-state index is 12.6. The zero-order valence-electron chi connectivity index (χ0n) is 15.2. The fourth-order valence-electron chi connectivity index (χ4n) is 3.16. The number of likely N-dealkylation sites (tertiary alicyclic amines) is 1. The highest BCUT2D eigenvalue weighted by molar-refractivity contribution is 5.93. The van der Waals surface area contributed by atoms with Crippen molar-refractivity contribution in [3.05, 3.63) is 29.8 Å². The van der Waals surface area contributed by atoms with E-state index in [2.05, 4.69) is 5.32 Å². The molecule has 1 fully saturated rings. The molecule has 0 spiro atoms. The molecule has 7 N–H and O–H groups in total. The number of phenols is 1. The molecule has 28 heavy (non-hydrogen) atoms. The van der Waals surface area contributed by atoms with Gasteiger partial charge < -0.3 is 31.9 Å². The molecule has 0 radical (unpaired) electrons. The van der Waals surface area contributed by atoms with Crippen LogP contribution in [0.25, 0.3) is 0 Å². The Bertz CT molecular complexity index is 751. The second kappa shape index (κ2) is 9.18. The molecule has 152 valence electrons. The van der Waals surface area contributed by atoms with Crippen molar-refractivity contribution < 1.29 is 29.4 Å². The third-order valence-electron chi connectivity index (χ3n) is 4.57. The molecule has 0 aromatic heterocycles. The number of primary amides is 1. The van der Waals surface area contributed by atoms with E-state index in [0.717, 1.165) is 0 Å². The Hall–Kier alpha value is -3.14. The van der Waals surface area contributed by atoms with Crippen molar-refractivity contribution in [3.63, 3.8) is 0 Å². The number of hydrogen-bond acceptors (Lipinski definition) is 6. The number of carbonyl (C=O) groups excluding carboxylic acids is 3. The summed E-state index contributed by atoms with van der Waals surface area (Å²) in [6, 6.07) is 2.78. The fraction of sp³-hybridized carbons (Fsp3) is 0.444. The summed E-state index contributed by atoms with van der Waals surface area (Å²) in [6.45, 7) is 0.291. The van der Waals surface area contributed by atoms with Crippen molar-refractivity contribution in [2.75, 3.05) is 6.54 Å². The van der Waals surface area contributed by atoms with E-state index in [4.69, 9.17) is 11.5 Å². The van der Waals surface area contributed by atoms with E-state index in [1.54, 1.807) is 12.1 Å². The van der Waals surface area contributed by atoms with E-state index < -0.39 is 41.8 Å². The second-order valence-corrected chi connectivity index (χ2v) is 6.74. The van der Waals surface area contributed by atoms with Gasteiger partial charge in [0, 0.05) is 13.0 Å². The maximum Gasteiger partial charge on any atom is 0.326 e. The Morgan fingerprint density at radius 3 is 2.43 bits per heavy atom. The van der Waals surface area contributed by atoms with Crippen molar-refractivity contribution in [1.29, 1.82) is 0 Å². The summed E-state index contributed by atoms with van der Waals surface area (Å²) < 4.78 is 0. The normalized spacial score (nSPS) is 18.3. The molecule has 0 saturated carbocycles.